The molecular weight excluding hydrogens is 1820 g/mol. The van der Waals surface area contributed by atoms with Crippen molar-refractivity contribution in [1.29, 1.82) is 0 Å². The maximum atomic E-state index is 4.40. The normalized spacial score (nSPS) is 11.2. The van der Waals surface area contributed by atoms with Crippen LogP contribution < -0.4 is 4.90 Å². The number of hydrogen-bond acceptors (Lipinski definition) is 4. The van der Waals surface area contributed by atoms with Crippen molar-refractivity contribution >= 4 is 70.9 Å². The van der Waals surface area contributed by atoms with Crippen molar-refractivity contribution in [2.75, 3.05) is 4.90 Å². The maximum absolute atomic E-state index is 4.40. The predicted octanol–water partition coefficient (Wildman–Crippen LogP) is 26.9. The third kappa shape index (κ3) is 17.2. The van der Waals surface area contributed by atoms with Crippen molar-refractivity contribution in [3.8, 4) is 67.2 Å². The number of aromatic nitrogens is 3. The molecule has 0 amide bonds. The van der Waals surface area contributed by atoms with Crippen LogP contribution in [0.1, 0.15) is 79.0 Å². The summed E-state index contributed by atoms with van der Waals surface area (Å²) in [5, 5.41) is 12.9. The maximum Gasteiger partial charge on any atom is 0.0618 e. The van der Waals surface area contributed by atoms with Crippen LogP contribution in [0.15, 0.2) is 340 Å². The van der Waals surface area contributed by atoms with Gasteiger partial charge in [-0.3, -0.25) is 0 Å². The molecule has 0 atom stereocenters. The minimum atomic E-state index is 0. The van der Waals surface area contributed by atoms with E-state index in [0.717, 1.165) is 45.1 Å². The van der Waals surface area contributed by atoms with Crippen LogP contribution in [0.4, 0.5) is 17.1 Å². The zero-order valence-electron chi connectivity index (χ0n) is 61.1. The van der Waals surface area contributed by atoms with Crippen LogP contribution in [0.25, 0.3) is 121 Å². The Balaban J connectivity index is 0.000000177. The zero-order valence-corrected chi connectivity index (χ0v) is 68.3. The fraction of sp³-hybridized carbons (Fsp3) is 0.121. The van der Waals surface area contributed by atoms with Gasteiger partial charge in [0, 0.05) is 101 Å². The van der Waals surface area contributed by atoms with Gasteiger partial charge >= 0.3 is 0 Å². The summed E-state index contributed by atoms with van der Waals surface area (Å²) in [5.41, 5.74) is 21.0. The average molecular weight is 1910 g/mol. The van der Waals surface area contributed by atoms with Gasteiger partial charge in [-0.1, -0.05) is 275 Å². The van der Waals surface area contributed by atoms with Gasteiger partial charge in [-0.15, -0.1) is 107 Å². The van der Waals surface area contributed by atoms with Crippen molar-refractivity contribution in [2.24, 2.45) is 0 Å². The molecule has 14 aromatic carbocycles. The number of hydrogen-bond donors (Lipinski definition) is 0. The van der Waals surface area contributed by atoms with E-state index in [9.17, 15) is 0 Å². The van der Waals surface area contributed by atoms with Crippen LogP contribution in [0, 0.1) is 18.2 Å². The van der Waals surface area contributed by atoms with E-state index in [1.165, 1.54) is 110 Å². The molecule has 4 nitrogen and oxygen atoms in total. The Bertz CT molecular complexity index is 5300. The van der Waals surface area contributed by atoms with Crippen molar-refractivity contribution < 1.29 is 60.3 Å². The second-order valence-corrected chi connectivity index (χ2v) is 29.3. The van der Waals surface area contributed by atoms with Gasteiger partial charge in [0.1, 0.15) is 0 Å². The first kappa shape index (κ1) is 77.0. The van der Waals surface area contributed by atoms with Crippen LogP contribution in [-0.4, -0.2) is 15.0 Å². The Morgan fingerprint density at radius 1 is 0.274 bits per heavy atom. The minimum absolute atomic E-state index is 0. The van der Waals surface area contributed by atoms with Gasteiger partial charge in [0.25, 0.3) is 0 Å². The van der Waals surface area contributed by atoms with Crippen LogP contribution in [-0.2, 0) is 76.6 Å². The summed E-state index contributed by atoms with van der Waals surface area (Å²) in [5.74, 6) is 0. The van der Waals surface area contributed by atoms with Crippen LogP contribution >= 0.6 is 0 Å². The van der Waals surface area contributed by atoms with Gasteiger partial charge in [0.2, 0.25) is 0 Å². The third-order valence-corrected chi connectivity index (χ3v) is 19.2. The molecule has 0 unspecified atom stereocenters. The molecule has 3 heterocycles. The molecule has 529 valence electrons. The standard InChI is InChI=1S/C54H51N.2C17H12N.C11H8N.3Ir/c1-52(2,3)37-22-26-40(27-23-37)55(41-28-24-38(25-29-41)53(4,5)6)51-46-16-12-10-14-42(46)50(43-15-11-13-17-47(43)51)45-30-20-34-18-19-35-32-39(54(7,8)9)33-36-21-31-44(45)49(34)48(35)36;1-3-7-14(8-4-1)16-11-12-18-17(13-16)15-9-5-2-6-10-15;1-2-7-14(8-3-1)15-9-6-10-16(13-15)17-11-4-5-12-18-17;1-2-6-10(7-3-1)11-8-4-5-9-12-11;;;/h10-33H,1-9H3;2*1-9,11-13H;1-6,8-9H;;;/q;3*-1;;;. The van der Waals surface area contributed by atoms with E-state index in [0.29, 0.717) is 0 Å². The molecule has 0 spiro atoms. The van der Waals surface area contributed by atoms with E-state index in [1.807, 2.05) is 140 Å². The molecule has 106 heavy (non-hydrogen) atoms. The summed E-state index contributed by atoms with van der Waals surface area (Å²) < 4.78 is 0. The van der Waals surface area contributed by atoms with Gasteiger partial charge in [0.15, 0.2) is 0 Å². The predicted molar refractivity (Wildman–Crippen MR) is 438 cm³/mol. The first-order valence-corrected chi connectivity index (χ1v) is 35.5. The molecule has 0 bridgehead atoms. The second kappa shape index (κ2) is 33.9. The van der Waals surface area contributed by atoms with Crippen LogP contribution in [0.5, 0.6) is 0 Å². The zero-order chi connectivity index (χ0) is 71.1. The van der Waals surface area contributed by atoms with Crippen molar-refractivity contribution in [3.05, 3.63) is 375 Å². The summed E-state index contributed by atoms with van der Waals surface area (Å²) in [6, 6.07) is 123. The molecule has 0 aliphatic carbocycles. The number of benzene rings is 14. The molecule has 0 N–H and O–H groups in total. The molecule has 0 aliphatic rings. The van der Waals surface area contributed by atoms with Crippen molar-refractivity contribution in [2.45, 2.75) is 78.6 Å². The van der Waals surface area contributed by atoms with E-state index in [2.05, 4.69) is 288 Å². The molecule has 0 saturated heterocycles. The first-order valence-electron chi connectivity index (χ1n) is 35.5. The Morgan fingerprint density at radius 3 is 1.19 bits per heavy atom. The summed E-state index contributed by atoms with van der Waals surface area (Å²) >= 11 is 0. The largest absolute Gasteiger partial charge is 0.309 e. The fourth-order valence-corrected chi connectivity index (χ4v) is 13.7. The van der Waals surface area contributed by atoms with Gasteiger partial charge < -0.3 is 19.9 Å². The molecule has 0 aliphatic heterocycles. The first-order chi connectivity index (χ1) is 50.0. The smallest absolute Gasteiger partial charge is 0.0618 e. The van der Waals surface area contributed by atoms with Crippen molar-refractivity contribution in [3.63, 3.8) is 0 Å². The summed E-state index contributed by atoms with van der Waals surface area (Å²) in [7, 11) is 0. The molecule has 17 aromatic rings. The van der Waals surface area contributed by atoms with Gasteiger partial charge in [-0.25, -0.2) is 0 Å². The summed E-state index contributed by atoms with van der Waals surface area (Å²) in [6.45, 7) is 20.6. The van der Waals surface area contributed by atoms with Gasteiger partial charge in [0.05, 0.1) is 5.69 Å². The molecule has 0 saturated carbocycles. The Kier molecular flexibility index (Phi) is 24.6. The number of nitrogens with zero attached hydrogens (tertiary/aromatic N) is 4. The summed E-state index contributed by atoms with van der Waals surface area (Å²) in [6.07, 6.45) is 5.44. The monoisotopic (exact) mass is 1910 g/mol. The number of fused-ring (bicyclic) bond motifs is 2. The fourth-order valence-electron chi connectivity index (χ4n) is 13.7. The van der Waals surface area contributed by atoms with Crippen molar-refractivity contribution in [1.82, 2.24) is 15.0 Å². The number of anilines is 3. The number of pyridine rings is 3. The van der Waals surface area contributed by atoms with E-state index in [-0.39, 0.29) is 76.6 Å². The van der Waals surface area contributed by atoms with Gasteiger partial charge in [-0.2, -0.15) is 0 Å². The SMILES string of the molecule is CC(C)(C)c1ccc(N(c2ccc(C(C)(C)C)cc2)c2c3ccccc3c(-c3ccc4ccc5cc(C(C)(C)C)cc6ccc3c4c56)c3ccccc23)cc1.[Ir].[Ir].[Ir].[c-]1ccc(-c2ccccc2)cc1-c1ccccn1.[c-]1ccccc1-c1cc(-c2ccccc2)ccn1.[c-]1ccccc1-c1ccccn1. The molecule has 3 aromatic heterocycles. The van der Waals surface area contributed by atoms with E-state index in [1.54, 1.807) is 12.4 Å². The molecule has 3 radical (unpaired) electrons. The van der Waals surface area contributed by atoms with Crippen LogP contribution in [0.3, 0.4) is 0 Å². The second-order valence-electron chi connectivity index (χ2n) is 29.3. The van der Waals surface area contributed by atoms with E-state index >= 15 is 0 Å². The quantitative estimate of drug-likeness (QED) is 0.0820. The molecule has 0 fully saturated rings. The summed E-state index contributed by atoms with van der Waals surface area (Å²) in [4.78, 5) is 15.5. The van der Waals surface area contributed by atoms with E-state index < -0.39 is 0 Å². The van der Waals surface area contributed by atoms with E-state index in [4.69, 9.17) is 0 Å². The molecular formula is C99H83Ir3N4-3. The Labute approximate surface area is 666 Å². The van der Waals surface area contributed by atoms with Crippen LogP contribution in [0.2, 0.25) is 0 Å². The Hall–Kier alpha value is -10.2. The topological polar surface area (TPSA) is 41.9 Å². The average Bonchev–Trinajstić information content (AvgIpc) is 0.714. The molecule has 7 heteroatoms. The minimum Gasteiger partial charge on any atom is -0.309 e. The third-order valence-electron chi connectivity index (χ3n) is 19.2. The molecule has 17 rings (SSSR count). The Morgan fingerprint density at radius 2 is 0.698 bits per heavy atom. The van der Waals surface area contributed by atoms with Gasteiger partial charge in [-0.05, 0) is 163 Å². The number of rotatable bonds is 9.